The molecule has 2 atom stereocenters. The molecule has 1 fully saturated rings. The fourth-order valence-electron chi connectivity index (χ4n) is 3.16. The van der Waals surface area contributed by atoms with Gasteiger partial charge in [-0.15, -0.1) is 0 Å². The van der Waals surface area contributed by atoms with Gasteiger partial charge in [0, 0.05) is 11.6 Å². The van der Waals surface area contributed by atoms with Crippen molar-refractivity contribution < 1.29 is 22.4 Å². The van der Waals surface area contributed by atoms with E-state index in [-0.39, 0.29) is 29.4 Å². The van der Waals surface area contributed by atoms with Crippen molar-refractivity contribution in [1.29, 1.82) is 0 Å². The van der Waals surface area contributed by atoms with Gasteiger partial charge in [0.25, 0.3) is 5.91 Å². The summed E-state index contributed by atoms with van der Waals surface area (Å²) in [5.74, 6) is -2.15. The van der Waals surface area contributed by atoms with Crippen molar-refractivity contribution in [2.75, 3.05) is 0 Å². The van der Waals surface area contributed by atoms with Gasteiger partial charge in [-0.1, -0.05) is 24.3 Å². The van der Waals surface area contributed by atoms with Gasteiger partial charge in [0.05, 0.1) is 12.0 Å². The van der Waals surface area contributed by atoms with Crippen molar-refractivity contribution in [2.45, 2.75) is 50.9 Å². The van der Waals surface area contributed by atoms with Crippen LogP contribution in [0.5, 0.6) is 0 Å². The Hall–Kier alpha value is -2.37. The second kappa shape index (κ2) is 7.33. The lowest BCUT2D eigenvalue weighted by Crippen LogP contribution is -2.35. The van der Waals surface area contributed by atoms with Crippen LogP contribution in [0.4, 0.5) is 17.6 Å². The minimum atomic E-state index is -4.32. The summed E-state index contributed by atoms with van der Waals surface area (Å²) < 4.78 is 51.7. The quantitative estimate of drug-likeness (QED) is 0.596. The van der Waals surface area contributed by atoms with E-state index in [2.05, 4.69) is 0 Å². The zero-order valence-electron chi connectivity index (χ0n) is 15.1. The van der Waals surface area contributed by atoms with Crippen LogP contribution < -0.4 is 0 Å². The van der Waals surface area contributed by atoms with E-state index in [1.807, 2.05) is 6.92 Å². The molecule has 0 bridgehead atoms. The van der Waals surface area contributed by atoms with Crippen molar-refractivity contribution in [2.24, 2.45) is 0 Å². The zero-order valence-corrected chi connectivity index (χ0v) is 15.1. The number of hydrogen-bond donors (Lipinski definition) is 0. The molecule has 0 saturated heterocycles. The van der Waals surface area contributed by atoms with Gasteiger partial charge in [-0.25, -0.2) is 4.39 Å². The Morgan fingerprint density at radius 2 is 1.48 bits per heavy atom. The molecule has 1 amide bonds. The topological polar surface area (TPSA) is 20.3 Å². The predicted molar refractivity (Wildman–Crippen MR) is 94.9 cm³/mol. The summed E-state index contributed by atoms with van der Waals surface area (Å²) in [6.45, 7) is 2.98. The summed E-state index contributed by atoms with van der Waals surface area (Å²) in [5.41, 5.74) is 1.30. The molecule has 1 aliphatic rings. The average Bonchev–Trinajstić information content (AvgIpc) is 3.46. The molecule has 1 aliphatic carbocycles. The average molecular weight is 379 g/mol. The van der Waals surface area contributed by atoms with Crippen LogP contribution in [0, 0.1) is 5.82 Å². The van der Waals surface area contributed by atoms with E-state index < -0.39 is 12.1 Å². The van der Waals surface area contributed by atoms with E-state index in [1.54, 1.807) is 17.0 Å². The smallest absolute Gasteiger partial charge is 0.329 e. The van der Waals surface area contributed by atoms with Crippen LogP contribution in [-0.4, -0.2) is 23.0 Å². The first-order valence-corrected chi connectivity index (χ1v) is 8.93. The van der Waals surface area contributed by atoms with Crippen LogP contribution in [0.2, 0.25) is 0 Å². The highest BCUT2D eigenvalue weighted by Crippen LogP contribution is 2.37. The van der Waals surface area contributed by atoms with Gasteiger partial charge in [0.1, 0.15) is 5.82 Å². The molecule has 0 radical (unpaired) electrons. The Morgan fingerprint density at radius 1 is 0.963 bits per heavy atom. The van der Waals surface area contributed by atoms with Crippen molar-refractivity contribution in [3.05, 3.63) is 71.0 Å². The van der Waals surface area contributed by atoms with Gasteiger partial charge < -0.3 is 4.90 Å². The number of alkyl halides is 3. The number of nitrogens with zero attached hydrogens (tertiary/aromatic N) is 1. The fraction of sp³-hybridized carbons (Fsp3) is 0.381. The molecule has 6 heteroatoms. The number of amides is 1. The normalized spacial score (nSPS) is 16.7. The van der Waals surface area contributed by atoms with Crippen molar-refractivity contribution in [3.8, 4) is 0 Å². The van der Waals surface area contributed by atoms with Crippen molar-refractivity contribution >= 4 is 5.91 Å². The lowest BCUT2D eigenvalue weighted by Gasteiger charge is -2.30. The predicted octanol–water partition coefficient (Wildman–Crippen LogP) is 5.86. The highest BCUT2D eigenvalue weighted by Gasteiger charge is 2.38. The molecule has 0 heterocycles. The van der Waals surface area contributed by atoms with E-state index in [0.29, 0.717) is 5.56 Å². The molecule has 1 saturated carbocycles. The molecule has 2 aromatic carbocycles. The molecule has 0 aromatic heterocycles. The van der Waals surface area contributed by atoms with Crippen LogP contribution >= 0.6 is 0 Å². The summed E-state index contributed by atoms with van der Waals surface area (Å²) in [6.07, 6.45) is -2.54. The van der Waals surface area contributed by atoms with E-state index >= 15 is 0 Å². The van der Waals surface area contributed by atoms with Gasteiger partial charge in [-0.3, -0.25) is 4.79 Å². The van der Waals surface area contributed by atoms with Crippen LogP contribution in [0.3, 0.4) is 0 Å². The van der Waals surface area contributed by atoms with Gasteiger partial charge >= 0.3 is 6.18 Å². The number of hydrogen-bond acceptors (Lipinski definition) is 1. The standard InChI is InChI=1S/C21H21F4NO/c1-13(21(23,24)25)15-3-5-17(6-4-15)20(27)26(19-11-12-19)14(2)16-7-9-18(22)10-8-16/h3-10,13-14,19H,11-12H2,1-2H3/t13-,14+/m1/s1. The number of carbonyl (C=O) groups excluding carboxylic acids is 1. The maximum absolute atomic E-state index is 13.2. The Bertz CT molecular complexity index is 794. The van der Waals surface area contributed by atoms with Gasteiger partial charge in [-0.2, -0.15) is 13.2 Å². The molecular formula is C21H21F4NO. The first-order valence-electron chi connectivity index (χ1n) is 8.93. The number of halogens is 4. The summed E-state index contributed by atoms with van der Waals surface area (Å²) in [6, 6.07) is 11.5. The van der Waals surface area contributed by atoms with Crippen LogP contribution in [-0.2, 0) is 0 Å². The first kappa shape index (κ1) is 19.4. The Morgan fingerprint density at radius 3 is 1.96 bits per heavy atom. The number of carbonyl (C=O) groups is 1. The fourth-order valence-corrected chi connectivity index (χ4v) is 3.16. The van der Waals surface area contributed by atoms with Gasteiger partial charge in [0.2, 0.25) is 0 Å². The van der Waals surface area contributed by atoms with Crippen LogP contribution in [0.1, 0.15) is 60.1 Å². The Labute approximate surface area is 155 Å². The van der Waals surface area contributed by atoms with Gasteiger partial charge in [0.15, 0.2) is 0 Å². The minimum absolute atomic E-state index is 0.103. The minimum Gasteiger partial charge on any atom is -0.329 e. The zero-order chi connectivity index (χ0) is 19.8. The van der Waals surface area contributed by atoms with E-state index in [9.17, 15) is 22.4 Å². The molecule has 0 N–H and O–H groups in total. The third-order valence-electron chi connectivity index (χ3n) is 5.09. The number of benzene rings is 2. The Balaban J connectivity index is 1.82. The molecule has 0 unspecified atom stereocenters. The summed E-state index contributed by atoms with van der Waals surface area (Å²) in [5, 5.41) is 0. The molecule has 2 nitrogen and oxygen atoms in total. The monoisotopic (exact) mass is 379 g/mol. The maximum atomic E-state index is 13.2. The largest absolute Gasteiger partial charge is 0.395 e. The van der Waals surface area contributed by atoms with Crippen LogP contribution in [0.25, 0.3) is 0 Å². The maximum Gasteiger partial charge on any atom is 0.395 e. The highest BCUT2D eigenvalue weighted by atomic mass is 19.4. The van der Waals surface area contributed by atoms with E-state index in [4.69, 9.17) is 0 Å². The van der Waals surface area contributed by atoms with Gasteiger partial charge in [-0.05, 0) is 62.1 Å². The molecule has 0 aliphatic heterocycles. The van der Waals surface area contributed by atoms with Crippen LogP contribution in [0.15, 0.2) is 48.5 Å². The summed E-state index contributed by atoms with van der Waals surface area (Å²) >= 11 is 0. The van der Waals surface area contributed by atoms with E-state index in [1.165, 1.54) is 36.4 Å². The highest BCUT2D eigenvalue weighted by molar-refractivity contribution is 5.95. The molecule has 2 aromatic rings. The van der Waals surface area contributed by atoms with Crippen molar-refractivity contribution in [3.63, 3.8) is 0 Å². The third kappa shape index (κ3) is 4.31. The third-order valence-corrected chi connectivity index (χ3v) is 5.09. The Kier molecular flexibility index (Phi) is 5.27. The molecule has 144 valence electrons. The molecule has 27 heavy (non-hydrogen) atoms. The number of rotatable bonds is 5. The molecular weight excluding hydrogens is 358 g/mol. The molecule has 0 spiro atoms. The molecule has 3 rings (SSSR count). The second-order valence-corrected chi connectivity index (χ2v) is 7.06. The SMILES string of the molecule is C[C@H](c1ccc(C(=O)N(C2CC2)[C@@H](C)c2ccc(F)cc2)cc1)C(F)(F)F. The van der Waals surface area contributed by atoms with E-state index in [0.717, 1.165) is 25.3 Å². The van der Waals surface area contributed by atoms with Crippen molar-refractivity contribution in [1.82, 2.24) is 4.90 Å². The summed E-state index contributed by atoms with van der Waals surface area (Å²) in [4.78, 5) is 14.8. The first-order chi connectivity index (χ1) is 12.7. The lowest BCUT2D eigenvalue weighted by atomic mass is 9.98. The summed E-state index contributed by atoms with van der Waals surface area (Å²) in [7, 11) is 0. The lowest BCUT2D eigenvalue weighted by molar-refractivity contribution is -0.146. The second-order valence-electron chi connectivity index (χ2n) is 7.06.